The molecule has 0 aliphatic rings. The summed E-state index contributed by atoms with van der Waals surface area (Å²) >= 11 is 3.39. The van der Waals surface area contributed by atoms with Crippen LogP contribution in [-0.4, -0.2) is 21.6 Å². The fourth-order valence-corrected chi connectivity index (χ4v) is 2.48. The van der Waals surface area contributed by atoms with Gasteiger partial charge in [-0.3, -0.25) is 4.57 Å². The molecule has 0 atom stereocenters. The average Bonchev–Trinajstić information content (AvgIpc) is 2.74. The number of nitrogens with zero attached hydrogens (tertiary/aromatic N) is 3. The maximum atomic E-state index is 6.02. The first-order valence-electron chi connectivity index (χ1n) is 6.07. The van der Waals surface area contributed by atoms with Crippen LogP contribution in [0.25, 0.3) is 16.9 Å². The summed E-state index contributed by atoms with van der Waals surface area (Å²) in [6, 6.07) is 9.86. The molecule has 6 heteroatoms. The molecule has 2 N–H and O–H groups in total. The standard InChI is InChI=1S/C14H13BrN4O/c1-20-8-9-3-2-4-11(5-9)19-13-12(18-14(19)16)6-10(15)7-17-13/h2-7H,8H2,1H3,(H2,16,18). The Morgan fingerprint density at radius 1 is 1.35 bits per heavy atom. The van der Waals surface area contributed by atoms with E-state index in [9.17, 15) is 0 Å². The van der Waals surface area contributed by atoms with E-state index in [1.54, 1.807) is 13.3 Å². The number of halogens is 1. The second kappa shape index (κ2) is 5.22. The lowest BCUT2D eigenvalue weighted by Crippen LogP contribution is -2.02. The van der Waals surface area contributed by atoms with Crippen molar-refractivity contribution in [3.63, 3.8) is 0 Å². The highest BCUT2D eigenvalue weighted by molar-refractivity contribution is 9.10. The van der Waals surface area contributed by atoms with Gasteiger partial charge in [0.2, 0.25) is 5.95 Å². The van der Waals surface area contributed by atoms with Gasteiger partial charge in [0.05, 0.1) is 12.3 Å². The molecule has 0 spiro atoms. The first-order chi connectivity index (χ1) is 9.69. The van der Waals surface area contributed by atoms with E-state index < -0.39 is 0 Å². The molecule has 2 aromatic heterocycles. The third-order valence-electron chi connectivity index (χ3n) is 2.97. The topological polar surface area (TPSA) is 66.0 Å². The number of methoxy groups -OCH3 is 1. The van der Waals surface area contributed by atoms with Crippen LogP contribution in [0.15, 0.2) is 41.0 Å². The van der Waals surface area contributed by atoms with Gasteiger partial charge in [0.25, 0.3) is 0 Å². The minimum Gasteiger partial charge on any atom is -0.380 e. The van der Waals surface area contributed by atoms with Gasteiger partial charge in [-0.2, -0.15) is 0 Å². The van der Waals surface area contributed by atoms with E-state index in [0.29, 0.717) is 12.6 Å². The molecule has 0 bridgehead atoms. The van der Waals surface area contributed by atoms with Crippen molar-refractivity contribution in [1.82, 2.24) is 14.5 Å². The van der Waals surface area contributed by atoms with Crippen molar-refractivity contribution < 1.29 is 4.74 Å². The van der Waals surface area contributed by atoms with Gasteiger partial charge in [-0.1, -0.05) is 12.1 Å². The second-order valence-corrected chi connectivity index (χ2v) is 5.32. The van der Waals surface area contributed by atoms with Gasteiger partial charge < -0.3 is 10.5 Å². The Hall–Kier alpha value is -1.92. The van der Waals surface area contributed by atoms with Crippen LogP contribution in [0, 0.1) is 0 Å². The van der Waals surface area contributed by atoms with Crippen LogP contribution in [0.1, 0.15) is 5.56 Å². The second-order valence-electron chi connectivity index (χ2n) is 4.40. The molecule has 0 amide bonds. The van der Waals surface area contributed by atoms with Crippen molar-refractivity contribution in [2.45, 2.75) is 6.61 Å². The Balaban J connectivity index is 2.18. The summed E-state index contributed by atoms with van der Waals surface area (Å²) in [5.74, 6) is 0.417. The first-order valence-corrected chi connectivity index (χ1v) is 6.86. The number of ether oxygens (including phenoxy) is 1. The van der Waals surface area contributed by atoms with E-state index in [-0.39, 0.29) is 0 Å². The lowest BCUT2D eigenvalue weighted by molar-refractivity contribution is 0.185. The van der Waals surface area contributed by atoms with Crippen LogP contribution in [0.5, 0.6) is 0 Å². The van der Waals surface area contributed by atoms with Crippen LogP contribution in [0.4, 0.5) is 5.95 Å². The van der Waals surface area contributed by atoms with Gasteiger partial charge >= 0.3 is 0 Å². The molecule has 0 fully saturated rings. The average molecular weight is 333 g/mol. The summed E-state index contributed by atoms with van der Waals surface area (Å²) in [7, 11) is 1.67. The van der Waals surface area contributed by atoms with Gasteiger partial charge in [-0.25, -0.2) is 9.97 Å². The van der Waals surface area contributed by atoms with Crippen molar-refractivity contribution in [2.75, 3.05) is 12.8 Å². The molecule has 2 heterocycles. The molecule has 3 aromatic rings. The van der Waals surface area contributed by atoms with E-state index in [2.05, 4.69) is 25.9 Å². The van der Waals surface area contributed by atoms with Crippen molar-refractivity contribution in [1.29, 1.82) is 0 Å². The van der Waals surface area contributed by atoms with Crippen LogP contribution in [0.3, 0.4) is 0 Å². The van der Waals surface area contributed by atoms with Crippen LogP contribution < -0.4 is 5.73 Å². The molecule has 0 unspecified atom stereocenters. The minimum atomic E-state index is 0.417. The molecule has 20 heavy (non-hydrogen) atoms. The Kier molecular flexibility index (Phi) is 3.42. The van der Waals surface area contributed by atoms with E-state index in [0.717, 1.165) is 26.9 Å². The Morgan fingerprint density at radius 2 is 2.20 bits per heavy atom. The summed E-state index contributed by atoms with van der Waals surface area (Å²) < 4.78 is 7.87. The largest absolute Gasteiger partial charge is 0.380 e. The number of nitrogen functional groups attached to an aromatic ring is 1. The lowest BCUT2D eigenvalue weighted by atomic mass is 10.2. The predicted molar refractivity (Wildman–Crippen MR) is 81.7 cm³/mol. The number of pyridine rings is 1. The number of hydrogen-bond acceptors (Lipinski definition) is 4. The SMILES string of the molecule is COCc1cccc(-n2c(N)nc3cc(Br)cnc32)c1. The van der Waals surface area contributed by atoms with Crippen molar-refractivity contribution in [2.24, 2.45) is 0 Å². The van der Waals surface area contributed by atoms with Gasteiger partial charge in [-0.15, -0.1) is 0 Å². The zero-order valence-electron chi connectivity index (χ0n) is 10.9. The van der Waals surface area contributed by atoms with E-state index in [1.165, 1.54) is 0 Å². The molecule has 0 aliphatic heterocycles. The molecule has 3 rings (SSSR count). The molecule has 0 saturated carbocycles. The quantitative estimate of drug-likeness (QED) is 0.800. The highest BCUT2D eigenvalue weighted by Crippen LogP contribution is 2.24. The summed E-state index contributed by atoms with van der Waals surface area (Å²) in [6.07, 6.45) is 1.74. The normalized spacial score (nSPS) is 11.1. The van der Waals surface area contributed by atoms with Gasteiger partial charge in [0.15, 0.2) is 5.65 Å². The molecule has 5 nitrogen and oxygen atoms in total. The van der Waals surface area contributed by atoms with Gasteiger partial charge in [0, 0.05) is 17.8 Å². The summed E-state index contributed by atoms with van der Waals surface area (Å²) in [6.45, 7) is 0.555. The Morgan fingerprint density at radius 3 is 3.00 bits per heavy atom. The molecule has 0 aliphatic carbocycles. The molecule has 0 saturated heterocycles. The van der Waals surface area contributed by atoms with E-state index in [1.807, 2.05) is 34.9 Å². The van der Waals surface area contributed by atoms with Crippen LogP contribution >= 0.6 is 15.9 Å². The number of benzene rings is 1. The van der Waals surface area contributed by atoms with Crippen LogP contribution in [0.2, 0.25) is 0 Å². The zero-order valence-corrected chi connectivity index (χ0v) is 12.5. The number of nitrogens with two attached hydrogens (primary N) is 1. The highest BCUT2D eigenvalue weighted by Gasteiger charge is 2.11. The van der Waals surface area contributed by atoms with Gasteiger partial charge in [0.1, 0.15) is 5.52 Å². The van der Waals surface area contributed by atoms with Crippen molar-refractivity contribution in [3.05, 3.63) is 46.6 Å². The van der Waals surface area contributed by atoms with E-state index in [4.69, 9.17) is 10.5 Å². The number of hydrogen-bond donors (Lipinski definition) is 1. The smallest absolute Gasteiger partial charge is 0.207 e. The Labute approximate surface area is 124 Å². The molecular weight excluding hydrogens is 320 g/mol. The summed E-state index contributed by atoms with van der Waals surface area (Å²) in [5.41, 5.74) is 9.52. The predicted octanol–water partition coefficient (Wildman–Crippen LogP) is 2.91. The fraction of sp³-hybridized carbons (Fsp3) is 0.143. The number of fused-ring (bicyclic) bond motifs is 1. The number of imidazole rings is 1. The zero-order chi connectivity index (χ0) is 14.1. The molecule has 0 radical (unpaired) electrons. The number of aromatic nitrogens is 3. The maximum Gasteiger partial charge on any atom is 0.207 e. The molecule has 1 aromatic carbocycles. The molecular formula is C14H13BrN4O. The van der Waals surface area contributed by atoms with Crippen LogP contribution in [-0.2, 0) is 11.3 Å². The summed E-state index contributed by atoms with van der Waals surface area (Å²) in [4.78, 5) is 8.74. The lowest BCUT2D eigenvalue weighted by Gasteiger charge is -2.08. The third-order valence-corrected chi connectivity index (χ3v) is 3.40. The van der Waals surface area contributed by atoms with Crippen molar-refractivity contribution >= 4 is 33.0 Å². The van der Waals surface area contributed by atoms with E-state index >= 15 is 0 Å². The molecule has 102 valence electrons. The number of anilines is 1. The van der Waals surface area contributed by atoms with Gasteiger partial charge in [-0.05, 0) is 39.7 Å². The number of rotatable bonds is 3. The first kappa shape index (κ1) is 13.1. The summed E-state index contributed by atoms with van der Waals surface area (Å²) in [5, 5.41) is 0. The van der Waals surface area contributed by atoms with Crippen molar-refractivity contribution in [3.8, 4) is 5.69 Å². The minimum absolute atomic E-state index is 0.417. The highest BCUT2D eigenvalue weighted by atomic mass is 79.9. The monoisotopic (exact) mass is 332 g/mol. The fourth-order valence-electron chi connectivity index (χ4n) is 2.16. The Bertz CT molecular complexity index is 769. The maximum absolute atomic E-state index is 6.02. The third kappa shape index (κ3) is 2.28.